The summed E-state index contributed by atoms with van der Waals surface area (Å²) < 4.78 is 0. The van der Waals surface area contributed by atoms with E-state index in [1.165, 1.54) is 154 Å². The third-order valence-corrected chi connectivity index (χ3v) is 8.52. The number of unbranched alkanes of at least 4 members (excludes halogenated alkanes) is 24. The summed E-state index contributed by atoms with van der Waals surface area (Å²) in [5.41, 5.74) is 0. The lowest BCUT2D eigenvalue weighted by Gasteiger charge is -2.20. The number of carbonyl (C=O) groups is 2. The van der Waals surface area contributed by atoms with Crippen molar-refractivity contribution in [3.63, 3.8) is 0 Å². The molecule has 4 heteroatoms. The molecule has 0 saturated carbocycles. The molecule has 0 unspecified atom stereocenters. The Balaban J connectivity index is 3.67. The van der Waals surface area contributed by atoms with Crippen LogP contribution >= 0.6 is 0 Å². The molecule has 252 valence electrons. The van der Waals surface area contributed by atoms with E-state index >= 15 is 0 Å². The van der Waals surface area contributed by atoms with Crippen LogP contribution in [0.4, 0.5) is 0 Å². The van der Waals surface area contributed by atoms with E-state index in [0.29, 0.717) is 13.0 Å². The van der Waals surface area contributed by atoms with Crippen LogP contribution < -0.4 is 0 Å². The van der Waals surface area contributed by atoms with Crippen LogP contribution in [0.5, 0.6) is 0 Å². The predicted molar refractivity (Wildman–Crippen MR) is 188 cm³/mol. The SMILES string of the molecule is CCCCCCC=CCCCCCCCCCC(=O)N(CCCCCCCCCCC/C=C\CCCCCC)CC(=O)O. The summed E-state index contributed by atoms with van der Waals surface area (Å²) in [6.07, 6.45) is 44.9. The molecule has 0 heterocycles. The van der Waals surface area contributed by atoms with Gasteiger partial charge in [0.05, 0.1) is 0 Å². The molecule has 0 aliphatic heterocycles. The maximum atomic E-state index is 12.7. The fraction of sp³-hybridized carbons (Fsp3) is 0.846. The highest BCUT2D eigenvalue weighted by atomic mass is 16.4. The average molecular weight is 604 g/mol. The summed E-state index contributed by atoms with van der Waals surface area (Å²) in [5.74, 6) is -0.877. The number of amides is 1. The second-order valence-electron chi connectivity index (χ2n) is 12.8. The summed E-state index contributed by atoms with van der Waals surface area (Å²) in [4.78, 5) is 25.6. The first kappa shape index (κ1) is 41.4. The second kappa shape index (κ2) is 34.9. The van der Waals surface area contributed by atoms with Crippen LogP contribution in [0.1, 0.15) is 200 Å². The minimum absolute atomic E-state index is 0.0234. The molecule has 0 aromatic heterocycles. The Morgan fingerprint density at radius 1 is 0.465 bits per heavy atom. The van der Waals surface area contributed by atoms with Crippen molar-refractivity contribution in [1.29, 1.82) is 0 Å². The highest BCUT2D eigenvalue weighted by molar-refractivity contribution is 5.81. The summed E-state index contributed by atoms with van der Waals surface area (Å²) in [5, 5.41) is 9.28. The third kappa shape index (κ3) is 33.2. The van der Waals surface area contributed by atoms with E-state index in [2.05, 4.69) is 38.2 Å². The Morgan fingerprint density at radius 2 is 0.791 bits per heavy atom. The van der Waals surface area contributed by atoms with Crippen molar-refractivity contribution in [2.45, 2.75) is 200 Å². The minimum atomic E-state index is -0.901. The van der Waals surface area contributed by atoms with Gasteiger partial charge in [0.15, 0.2) is 0 Å². The van der Waals surface area contributed by atoms with Crippen molar-refractivity contribution in [2.75, 3.05) is 13.1 Å². The fourth-order valence-corrected chi connectivity index (χ4v) is 5.69. The Hall–Kier alpha value is -1.58. The highest BCUT2D eigenvalue weighted by Gasteiger charge is 2.15. The molecule has 0 rings (SSSR count). The van der Waals surface area contributed by atoms with E-state index in [4.69, 9.17) is 0 Å². The maximum Gasteiger partial charge on any atom is 0.323 e. The quantitative estimate of drug-likeness (QED) is 0.0588. The molecule has 0 aliphatic carbocycles. The topological polar surface area (TPSA) is 57.6 Å². The zero-order valence-corrected chi connectivity index (χ0v) is 28.9. The van der Waals surface area contributed by atoms with Crippen molar-refractivity contribution >= 4 is 11.9 Å². The summed E-state index contributed by atoms with van der Waals surface area (Å²) in [6.45, 7) is 4.96. The molecule has 4 nitrogen and oxygen atoms in total. The van der Waals surface area contributed by atoms with Gasteiger partial charge in [-0.25, -0.2) is 0 Å². The van der Waals surface area contributed by atoms with E-state index in [1.54, 1.807) is 4.90 Å². The zero-order valence-electron chi connectivity index (χ0n) is 28.9. The molecule has 43 heavy (non-hydrogen) atoms. The van der Waals surface area contributed by atoms with Crippen LogP contribution in [0.25, 0.3) is 0 Å². The first-order valence-corrected chi connectivity index (χ1v) is 18.9. The van der Waals surface area contributed by atoms with Gasteiger partial charge in [0.2, 0.25) is 5.91 Å². The Morgan fingerprint density at radius 3 is 1.16 bits per heavy atom. The fourth-order valence-electron chi connectivity index (χ4n) is 5.69. The van der Waals surface area contributed by atoms with Crippen molar-refractivity contribution in [3.05, 3.63) is 24.3 Å². The van der Waals surface area contributed by atoms with Crippen LogP contribution in [0, 0.1) is 0 Å². The Labute approximate surface area is 268 Å². The first-order chi connectivity index (χ1) is 21.1. The number of hydrogen-bond acceptors (Lipinski definition) is 2. The van der Waals surface area contributed by atoms with Gasteiger partial charge in [0, 0.05) is 13.0 Å². The third-order valence-electron chi connectivity index (χ3n) is 8.52. The highest BCUT2D eigenvalue weighted by Crippen LogP contribution is 2.14. The Bertz CT molecular complexity index is 657. The van der Waals surface area contributed by atoms with Gasteiger partial charge < -0.3 is 10.0 Å². The molecule has 0 atom stereocenters. The smallest absolute Gasteiger partial charge is 0.323 e. The largest absolute Gasteiger partial charge is 0.480 e. The van der Waals surface area contributed by atoms with Gasteiger partial charge in [0.25, 0.3) is 0 Å². The number of rotatable bonds is 34. The second-order valence-corrected chi connectivity index (χ2v) is 12.8. The lowest BCUT2D eigenvalue weighted by molar-refractivity contribution is -0.144. The lowest BCUT2D eigenvalue weighted by Crippen LogP contribution is -2.36. The van der Waals surface area contributed by atoms with Gasteiger partial charge in [0.1, 0.15) is 6.54 Å². The number of hydrogen-bond donors (Lipinski definition) is 1. The molecule has 0 aromatic rings. The van der Waals surface area contributed by atoms with Crippen LogP contribution in [0.3, 0.4) is 0 Å². The molecule has 0 spiro atoms. The van der Waals surface area contributed by atoms with Crippen LogP contribution in [0.15, 0.2) is 24.3 Å². The first-order valence-electron chi connectivity index (χ1n) is 18.9. The van der Waals surface area contributed by atoms with Gasteiger partial charge in [-0.05, 0) is 64.2 Å². The van der Waals surface area contributed by atoms with Gasteiger partial charge in [-0.15, -0.1) is 0 Å². The molecule has 0 bridgehead atoms. The molecule has 0 radical (unpaired) electrons. The van der Waals surface area contributed by atoms with Gasteiger partial charge in [-0.3, -0.25) is 9.59 Å². The number of carboxylic acid groups (broad SMARTS) is 1. The molecule has 0 aromatic carbocycles. The van der Waals surface area contributed by atoms with Gasteiger partial charge in [-0.1, -0.05) is 154 Å². The van der Waals surface area contributed by atoms with E-state index in [-0.39, 0.29) is 12.5 Å². The minimum Gasteiger partial charge on any atom is -0.480 e. The van der Waals surface area contributed by atoms with Crippen molar-refractivity contribution in [2.24, 2.45) is 0 Å². The summed E-state index contributed by atoms with van der Waals surface area (Å²) in [6, 6.07) is 0. The molecule has 0 fully saturated rings. The number of allylic oxidation sites excluding steroid dienone is 4. The summed E-state index contributed by atoms with van der Waals surface area (Å²) >= 11 is 0. The number of aliphatic carboxylic acids is 1. The van der Waals surface area contributed by atoms with E-state index in [0.717, 1.165) is 25.7 Å². The molecular weight excluding hydrogens is 530 g/mol. The standard InChI is InChI=1S/C39H73NO3/c1-3-5-7-9-11-13-15-17-19-20-22-24-26-28-30-32-34-36-40(37-39(42)43)38(41)35-33-31-29-27-25-23-21-18-16-14-12-10-8-6-4-2/h13-16H,3-12,17-37H2,1-2H3,(H,42,43)/b15-13-,16-14?. The molecular formula is C39H73NO3. The normalized spacial score (nSPS) is 11.7. The number of carbonyl (C=O) groups excluding carboxylic acids is 1. The van der Waals surface area contributed by atoms with Crippen LogP contribution in [-0.2, 0) is 9.59 Å². The van der Waals surface area contributed by atoms with Gasteiger partial charge in [-0.2, -0.15) is 0 Å². The molecule has 0 saturated heterocycles. The lowest BCUT2D eigenvalue weighted by atomic mass is 10.1. The van der Waals surface area contributed by atoms with Crippen LogP contribution in [0.2, 0.25) is 0 Å². The van der Waals surface area contributed by atoms with E-state index in [1.807, 2.05) is 0 Å². The van der Waals surface area contributed by atoms with Crippen molar-refractivity contribution in [1.82, 2.24) is 4.90 Å². The average Bonchev–Trinajstić information content (AvgIpc) is 2.99. The van der Waals surface area contributed by atoms with E-state index in [9.17, 15) is 14.7 Å². The van der Waals surface area contributed by atoms with E-state index < -0.39 is 5.97 Å². The maximum absolute atomic E-state index is 12.7. The number of carboxylic acids is 1. The molecule has 1 N–H and O–H groups in total. The monoisotopic (exact) mass is 604 g/mol. The number of nitrogens with zero attached hydrogens (tertiary/aromatic N) is 1. The molecule has 0 aliphatic rings. The Kier molecular flexibility index (Phi) is 33.6. The van der Waals surface area contributed by atoms with Gasteiger partial charge >= 0.3 is 5.97 Å². The van der Waals surface area contributed by atoms with Crippen molar-refractivity contribution < 1.29 is 14.7 Å². The van der Waals surface area contributed by atoms with Crippen LogP contribution in [-0.4, -0.2) is 35.0 Å². The summed E-state index contributed by atoms with van der Waals surface area (Å²) in [7, 11) is 0. The zero-order chi connectivity index (χ0) is 31.5. The van der Waals surface area contributed by atoms with Crippen molar-refractivity contribution in [3.8, 4) is 0 Å². The molecule has 1 amide bonds. The predicted octanol–water partition coefficient (Wildman–Crippen LogP) is 12.4.